The van der Waals surface area contributed by atoms with Crippen LogP contribution < -0.4 is 5.32 Å². The summed E-state index contributed by atoms with van der Waals surface area (Å²) in [6.07, 6.45) is 3.69. The van der Waals surface area contributed by atoms with Crippen molar-refractivity contribution in [3.05, 3.63) is 23.5 Å². The number of nitrogens with zero attached hydrogens (tertiary/aromatic N) is 2. The zero-order valence-corrected chi connectivity index (χ0v) is 10.8. The third-order valence-corrected chi connectivity index (χ3v) is 2.80. The number of nitrogens with one attached hydrogen (secondary N) is 1. The zero-order valence-electron chi connectivity index (χ0n) is 10.8. The predicted molar refractivity (Wildman–Crippen MR) is 67.4 cm³/mol. The van der Waals surface area contributed by atoms with Crippen LogP contribution in [0.5, 0.6) is 0 Å². The summed E-state index contributed by atoms with van der Waals surface area (Å²) >= 11 is 0. The van der Waals surface area contributed by atoms with Gasteiger partial charge in [-0.25, -0.2) is 0 Å². The molecule has 94 valence electrons. The quantitative estimate of drug-likeness (QED) is 0.786. The highest BCUT2D eigenvalue weighted by Crippen LogP contribution is 2.11. The standard InChI is InChI=1S/C13H21N3O/c1-4-5-13(2,17)10-15-8-11-6-12(7-14)16(3)9-11/h6,9,15,17H,4-5,8,10H2,1-3H3. The maximum atomic E-state index is 9.98. The molecule has 1 rings (SSSR count). The van der Waals surface area contributed by atoms with E-state index in [2.05, 4.69) is 18.3 Å². The van der Waals surface area contributed by atoms with E-state index < -0.39 is 5.60 Å². The Kier molecular flexibility index (Phi) is 4.73. The predicted octanol–water partition coefficient (Wildman–Crippen LogP) is 1.54. The van der Waals surface area contributed by atoms with Crippen molar-refractivity contribution in [2.45, 2.75) is 38.8 Å². The fourth-order valence-electron chi connectivity index (χ4n) is 1.94. The van der Waals surface area contributed by atoms with E-state index >= 15 is 0 Å². The summed E-state index contributed by atoms with van der Waals surface area (Å²) in [4.78, 5) is 0. The van der Waals surface area contributed by atoms with E-state index in [0.29, 0.717) is 18.8 Å². The van der Waals surface area contributed by atoms with E-state index in [9.17, 15) is 5.11 Å². The van der Waals surface area contributed by atoms with E-state index in [1.807, 2.05) is 26.2 Å². The Morgan fingerprint density at radius 1 is 1.59 bits per heavy atom. The molecule has 1 heterocycles. The van der Waals surface area contributed by atoms with Crippen LogP contribution in [0.4, 0.5) is 0 Å². The van der Waals surface area contributed by atoms with E-state index in [1.54, 1.807) is 4.57 Å². The molecule has 0 aliphatic heterocycles. The summed E-state index contributed by atoms with van der Waals surface area (Å²) in [5.41, 5.74) is 1.07. The first-order chi connectivity index (χ1) is 7.98. The van der Waals surface area contributed by atoms with Crippen LogP contribution in [-0.2, 0) is 13.6 Å². The summed E-state index contributed by atoms with van der Waals surface area (Å²) in [6.45, 7) is 5.15. The molecule has 0 aromatic carbocycles. The monoisotopic (exact) mass is 235 g/mol. The van der Waals surface area contributed by atoms with Crippen LogP contribution in [0.3, 0.4) is 0 Å². The minimum atomic E-state index is -0.651. The summed E-state index contributed by atoms with van der Waals surface area (Å²) in [6, 6.07) is 3.99. The van der Waals surface area contributed by atoms with Crippen LogP contribution in [0, 0.1) is 11.3 Å². The van der Waals surface area contributed by atoms with Crippen LogP contribution >= 0.6 is 0 Å². The SMILES string of the molecule is CCCC(C)(O)CNCc1cc(C#N)n(C)c1. The number of rotatable bonds is 6. The first kappa shape index (κ1) is 13.8. The average molecular weight is 235 g/mol. The molecule has 4 heteroatoms. The summed E-state index contributed by atoms with van der Waals surface area (Å²) < 4.78 is 1.81. The number of hydrogen-bond donors (Lipinski definition) is 2. The highest BCUT2D eigenvalue weighted by Gasteiger charge is 2.18. The lowest BCUT2D eigenvalue weighted by molar-refractivity contribution is 0.0498. The molecule has 0 bridgehead atoms. The van der Waals surface area contributed by atoms with Gasteiger partial charge in [0.25, 0.3) is 0 Å². The summed E-state index contributed by atoms with van der Waals surface area (Å²) in [7, 11) is 1.86. The molecule has 0 aliphatic carbocycles. The van der Waals surface area contributed by atoms with Crippen molar-refractivity contribution in [3.8, 4) is 6.07 Å². The van der Waals surface area contributed by atoms with Crippen molar-refractivity contribution < 1.29 is 5.11 Å². The number of aliphatic hydroxyl groups is 1. The van der Waals surface area contributed by atoms with E-state index in [1.165, 1.54) is 0 Å². The van der Waals surface area contributed by atoms with E-state index in [0.717, 1.165) is 18.4 Å². The Labute approximate surface area is 103 Å². The maximum absolute atomic E-state index is 9.98. The molecule has 0 radical (unpaired) electrons. The van der Waals surface area contributed by atoms with Crippen LogP contribution in [0.15, 0.2) is 12.3 Å². The molecule has 17 heavy (non-hydrogen) atoms. The lowest BCUT2D eigenvalue weighted by Gasteiger charge is -2.22. The largest absolute Gasteiger partial charge is 0.389 e. The second-order valence-corrected chi connectivity index (χ2v) is 4.81. The highest BCUT2D eigenvalue weighted by molar-refractivity contribution is 5.28. The van der Waals surface area contributed by atoms with Gasteiger partial charge in [0.15, 0.2) is 0 Å². The Morgan fingerprint density at radius 2 is 2.29 bits per heavy atom. The molecule has 0 saturated carbocycles. The summed E-state index contributed by atoms with van der Waals surface area (Å²) in [5, 5.41) is 22.0. The van der Waals surface area contributed by atoms with Gasteiger partial charge in [0.05, 0.1) is 5.60 Å². The summed E-state index contributed by atoms with van der Waals surface area (Å²) in [5.74, 6) is 0. The van der Waals surface area contributed by atoms with Gasteiger partial charge in [-0.2, -0.15) is 5.26 Å². The molecule has 1 aromatic heterocycles. The second-order valence-electron chi connectivity index (χ2n) is 4.81. The van der Waals surface area contributed by atoms with Gasteiger partial charge in [-0.3, -0.25) is 0 Å². The fourth-order valence-corrected chi connectivity index (χ4v) is 1.94. The van der Waals surface area contributed by atoms with Crippen molar-refractivity contribution >= 4 is 0 Å². The first-order valence-corrected chi connectivity index (χ1v) is 5.97. The van der Waals surface area contributed by atoms with Crippen LogP contribution in [0.2, 0.25) is 0 Å². The van der Waals surface area contributed by atoms with Crippen molar-refractivity contribution in [1.82, 2.24) is 9.88 Å². The smallest absolute Gasteiger partial charge is 0.120 e. The number of aryl methyl sites for hydroxylation is 1. The average Bonchev–Trinajstić information content (AvgIpc) is 2.58. The topological polar surface area (TPSA) is 61.0 Å². The van der Waals surface area contributed by atoms with Gasteiger partial charge in [0, 0.05) is 26.3 Å². The molecule has 1 aromatic rings. The van der Waals surface area contributed by atoms with Gasteiger partial charge in [-0.15, -0.1) is 0 Å². The molecule has 1 atom stereocenters. The minimum Gasteiger partial charge on any atom is -0.389 e. The van der Waals surface area contributed by atoms with Gasteiger partial charge in [0.2, 0.25) is 0 Å². The second kappa shape index (κ2) is 5.85. The molecule has 0 fully saturated rings. The molecule has 1 unspecified atom stereocenters. The molecule has 4 nitrogen and oxygen atoms in total. The molecule has 2 N–H and O–H groups in total. The Morgan fingerprint density at radius 3 is 2.82 bits per heavy atom. The Hall–Kier alpha value is -1.31. The number of hydrogen-bond acceptors (Lipinski definition) is 3. The lowest BCUT2D eigenvalue weighted by Crippen LogP contribution is -2.37. The van der Waals surface area contributed by atoms with Gasteiger partial charge in [-0.05, 0) is 25.0 Å². The Balaban J connectivity index is 2.43. The third-order valence-electron chi connectivity index (χ3n) is 2.80. The van der Waals surface area contributed by atoms with Crippen LogP contribution in [0.1, 0.15) is 37.9 Å². The van der Waals surface area contributed by atoms with E-state index in [4.69, 9.17) is 5.26 Å². The zero-order chi connectivity index (χ0) is 12.9. The molecular weight excluding hydrogens is 214 g/mol. The third kappa shape index (κ3) is 4.22. The van der Waals surface area contributed by atoms with Crippen molar-refractivity contribution in [2.75, 3.05) is 6.54 Å². The van der Waals surface area contributed by atoms with Crippen molar-refractivity contribution in [1.29, 1.82) is 5.26 Å². The maximum Gasteiger partial charge on any atom is 0.120 e. The van der Waals surface area contributed by atoms with Crippen molar-refractivity contribution in [2.24, 2.45) is 7.05 Å². The van der Waals surface area contributed by atoms with Crippen LogP contribution in [0.25, 0.3) is 0 Å². The van der Waals surface area contributed by atoms with Crippen LogP contribution in [-0.4, -0.2) is 21.8 Å². The Bertz CT molecular complexity index is 401. The van der Waals surface area contributed by atoms with E-state index in [-0.39, 0.29) is 0 Å². The van der Waals surface area contributed by atoms with Crippen molar-refractivity contribution in [3.63, 3.8) is 0 Å². The minimum absolute atomic E-state index is 0.567. The number of aromatic nitrogens is 1. The molecule has 0 spiro atoms. The molecule has 0 aliphatic rings. The van der Waals surface area contributed by atoms with Gasteiger partial charge < -0.3 is 15.0 Å². The number of nitriles is 1. The lowest BCUT2D eigenvalue weighted by atomic mass is 10.0. The fraction of sp³-hybridized carbons (Fsp3) is 0.615. The van der Waals surface area contributed by atoms with Gasteiger partial charge >= 0.3 is 0 Å². The van der Waals surface area contributed by atoms with Gasteiger partial charge in [-0.1, -0.05) is 13.3 Å². The normalized spacial score (nSPS) is 14.3. The molecule has 0 amide bonds. The highest BCUT2D eigenvalue weighted by atomic mass is 16.3. The first-order valence-electron chi connectivity index (χ1n) is 5.97. The molecular formula is C13H21N3O. The molecule has 0 saturated heterocycles. The van der Waals surface area contributed by atoms with Gasteiger partial charge in [0.1, 0.15) is 11.8 Å².